The fraction of sp³-hybridized carbons (Fsp3) is 0.429. The van der Waals surface area contributed by atoms with Crippen LogP contribution in [0.5, 0.6) is 0 Å². The number of likely N-dealkylation sites (tertiary alicyclic amines) is 1. The second-order valence-electron chi connectivity index (χ2n) is 5.11. The molecular weight excluding hydrogens is 258 g/mol. The second kappa shape index (κ2) is 5.92. The van der Waals surface area contributed by atoms with Crippen LogP contribution < -0.4 is 11.1 Å². The van der Waals surface area contributed by atoms with Crippen molar-refractivity contribution in [2.75, 3.05) is 18.4 Å². The van der Waals surface area contributed by atoms with E-state index in [4.69, 9.17) is 5.73 Å². The molecule has 20 heavy (non-hydrogen) atoms. The van der Waals surface area contributed by atoms with Crippen molar-refractivity contribution in [2.45, 2.75) is 19.4 Å². The normalized spacial score (nSPS) is 19.7. The van der Waals surface area contributed by atoms with Crippen molar-refractivity contribution < 1.29 is 14.7 Å². The van der Waals surface area contributed by atoms with E-state index < -0.39 is 12.1 Å². The molecule has 0 aromatic heterocycles. The van der Waals surface area contributed by atoms with E-state index in [1.165, 1.54) is 0 Å². The molecule has 1 fully saturated rings. The van der Waals surface area contributed by atoms with Crippen LogP contribution in [0.15, 0.2) is 24.3 Å². The summed E-state index contributed by atoms with van der Waals surface area (Å²) in [6.45, 7) is 3.00. The molecule has 2 unspecified atom stereocenters. The van der Waals surface area contributed by atoms with E-state index in [0.29, 0.717) is 24.3 Å². The minimum Gasteiger partial charge on any atom is -0.393 e. The lowest BCUT2D eigenvalue weighted by Crippen LogP contribution is -2.30. The number of rotatable bonds is 3. The molecule has 6 nitrogen and oxygen atoms in total. The van der Waals surface area contributed by atoms with Gasteiger partial charge in [-0.2, -0.15) is 0 Å². The van der Waals surface area contributed by atoms with Crippen molar-refractivity contribution in [2.24, 2.45) is 11.7 Å². The maximum atomic E-state index is 12.3. The number of carbonyl (C=O) groups is 2. The average Bonchev–Trinajstić information content (AvgIpc) is 2.88. The minimum atomic E-state index is -0.636. The topological polar surface area (TPSA) is 95.7 Å². The van der Waals surface area contributed by atoms with Gasteiger partial charge >= 0.3 is 6.03 Å². The van der Waals surface area contributed by atoms with E-state index >= 15 is 0 Å². The zero-order valence-corrected chi connectivity index (χ0v) is 11.4. The Kier molecular flexibility index (Phi) is 4.24. The third-order valence-corrected chi connectivity index (χ3v) is 3.59. The molecule has 1 aliphatic heterocycles. The van der Waals surface area contributed by atoms with Gasteiger partial charge in [0.05, 0.1) is 6.10 Å². The molecule has 4 N–H and O–H groups in total. The number of aliphatic hydroxyl groups excluding tert-OH is 1. The molecule has 1 aliphatic rings. The number of nitrogens with two attached hydrogens (primary N) is 1. The Morgan fingerprint density at radius 3 is 2.55 bits per heavy atom. The molecular formula is C14H19N3O3. The Balaban J connectivity index is 2.01. The average molecular weight is 277 g/mol. The maximum Gasteiger partial charge on any atom is 0.316 e. The molecule has 3 amide bonds. The Hall–Kier alpha value is -2.08. The van der Waals surface area contributed by atoms with Gasteiger partial charge in [-0.15, -0.1) is 0 Å². The highest BCUT2D eigenvalue weighted by molar-refractivity contribution is 5.95. The number of urea groups is 1. The summed E-state index contributed by atoms with van der Waals surface area (Å²) >= 11 is 0. The molecule has 0 spiro atoms. The lowest BCUT2D eigenvalue weighted by molar-refractivity contribution is 0.0762. The lowest BCUT2D eigenvalue weighted by Gasteiger charge is -2.18. The number of primary amides is 1. The molecule has 1 aromatic carbocycles. The molecule has 2 rings (SSSR count). The van der Waals surface area contributed by atoms with E-state index in [1.807, 2.05) is 0 Å². The molecule has 1 saturated heterocycles. The standard InChI is InChI=1S/C14H19N3O3/c1-9(18)11-6-7-17(8-11)13(19)10-2-4-12(5-3-10)16-14(15)20/h2-5,9,11,18H,6-8H2,1H3,(H3,15,16,20). The van der Waals surface area contributed by atoms with Crippen LogP contribution in [0.2, 0.25) is 0 Å². The van der Waals surface area contributed by atoms with Crippen molar-refractivity contribution in [3.8, 4) is 0 Å². The molecule has 108 valence electrons. The van der Waals surface area contributed by atoms with Crippen LogP contribution in [0, 0.1) is 5.92 Å². The van der Waals surface area contributed by atoms with Gasteiger partial charge in [0.15, 0.2) is 0 Å². The molecule has 0 bridgehead atoms. The molecule has 0 aliphatic carbocycles. The van der Waals surface area contributed by atoms with Gasteiger partial charge in [-0.1, -0.05) is 0 Å². The van der Waals surface area contributed by atoms with Crippen molar-refractivity contribution in [1.29, 1.82) is 0 Å². The summed E-state index contributed by atoms with van der Waals surface area (Å²) < 4.78 is 0. The third-order valence-electron chi connectivity index (χ3n) is 3.59. The van der Waals surface area contributed by atoms with Gasteiger partial charge in [0, 0.05) is 30.3 Å². The van der Waals surface area contributed by atoms with Crippen LogP contribution in [-0.4, -0.2) is 41.1 Å². The van der Waals surface area contributed by atoms with Crippen LogP contribution in [0.1, 0.15) is 23.7 Å². The Morgan fingerprint density at radius 2 is 2.05 bits per heavy atom. The number of aliphatic hydroxyl groups is 1. The quantitative estimate of drug-likeness (QED) is 0.769. The zero-order valence-electron chi connectivity index (χ0n) is 11.4. The summed E-state index contributed by atoms with van der Waals surface area (Å²) in [5.41, 5.74) is 6.13. The minimum absolute atomic E-state index is 0.0567. The molecule has 1 aromatic rings. The van der Waals surface area contributed by atoms with Gasteiger partial charge < -0.3 is 21.1 Å². The molecule has 0 saturated carbocycles. The summed E-state index contributed by atoms with van der Waals surface area (Å²) in [5, 5.41) is 12.0. The number of nitrogens with one attached hydrogen (secondary N) is 1. The number of nitrogens with zero attached hydrogens (tertiary/aromatic N) is 1. The first-order chi connectivity index (χ1) is 9.47. The summed E-state index contributed by atoms with van der Waals surface area (Å²) in [4.78, 5) is 24.7. The highest BCUT2D eigenvalue weighted by atomic mass is 16.3. The van der Waals surface area contributed by atoms with E-state index in [9.17, 15) is 14.7 Å². The van der Waals surface area contributed by atoms with Gasteiger partial charge in [0.1, 0.15) is 0 Å². The lowest BCUT2D eigenvalue weighted by atomic mass is 10.0. The Labute approximate surface area is 117 Å². The fourth-order valence-electron chi connectivity index (χ4n) is 2.39. The van der Waals surface area contributed by atoms with Gasteiger partial charge in [0.25, 0.3) is 5.91 Å². The highest BCUT2D eigenvalue weighted by Crippen LogP contribution is 2.22. The zero-order chi connectivity index (χ0) is 14.7. The van der Waals surface area contributed by atoms with Crippen LogP contribution in [0.4, 0.5) is 10.5 Å². The monoisotopic (exact) mass is 277 g/mol. The number of hydrogen-bond donors (Lipinski definition) is 3. The van der Waals surface area contributed by atoms with E-state index in [-0.39, 0.29) is 11.8 Å². The van der Waals surface area contributed by atoms with Crippen molar-refractivity contribution in [3.63, 3.8) is 0 Å². The van der Waals surface area contributed by atoms with Crippen molar-refractivity contribution in [3.05, 3.63) is 29.8 Å². The summed E-state index contributed by atoms with van der Waals surface area (Å²) in [6.07, 6.45) is 0.431. The maximum absolute atomic E-state index is 12.3. The molecule has 0 radical (unpaired) electrons. The van der Waals surface area contributed by atoms with Gasteiger partial charge in [-0.05, 0) is 37.6 Å². The van der Waals surface area contributed by atoms with Gasteiger partial charge in [-0.25, -0.2) is 4.79 Å². The van der Waals surface area contributed by atoms with Gasteiger partial charge in [0.2, 0.25) is 0 Å². The number of hydrogen-bond acceptors (Lipinski definition) is 3. The van der Waals surface area contributed by atoms with Crippen LogP contribution >= 0.6 is 0 Å². The number of benzene rings is 1. The first-order valence-corrected chi connectivity index (χ1v) is 6.61. The summed E-state index contributed by atoms with van der Waals surface area (Å²) in [6, 6.07) is 5.95. The largest absolute Gasteiger partial charge is 0.393 e. The first-order valence-electron chi connectivity index (χ1n) is 6.61. The highest BCUT2D eigenvalue weighted by Gasteiger charge is 2.29. The van der Waals surface area contributed by atoms with E-state index in [2.05, 4.69) is 5.32 Å². The molecule has 6 heteroatoms. The summed E-state index contributed by atoms with van der Waals surface area (Å²) in [5.74, 6) is 0.0912. The number of amides is 3. The molecule has 2 atom stereocenters. The third kappa shape index (κ3) is 3.27. The Bertz CT molecular complexity index is 499. The number of carbonyl (C=O) groups excluding carboxylic acids is 2. The SMILES string of the molecule is CC(O)C1CCN(C(=O)c2ccc(NC(N)=O)cc2)C1. The van der Waals surface area contributed by atoms with Crippen LogP contribution in [0.25, 0.3) is 0 Å². The fourth-order valence-corrected chi connectivity index (χ4v) is 2.39. The van der Waals surface area contributed by atoms with E-state index in [1.54, 1.807) is 36.1 Å². The van der Waals surface area contributed by atoms with Crippen molar-refractivity contribution in [1.82, 2.24) is 4.90 Å². The van der Waals surface area contributed by atoms with Crippen LogP contribution in [-0.2, 0) is 0 Å². The summed E-state index contributed by atoms with van der Waals surface area (Å²) in [7, 11) is 0. The second-order valence-corrected chi connectivity index (χ2v) is 5.11. The van der Waals surface area contributed by atoms with Crippen LogP contribution in [0.3, 0.4) is 0 Å². The van der Waals surface area contributed by atoms with E-state index in [0.717, 1.165) is 6.42 Å². The van der Waals surface area contributed by atoms with Gasteiger partial charge in [-0.3, -0.25) is 4.79 Å². The smallest absolute Gasteiger partial charge is 0.316 e. The molecule has 1 heterocycles. The van der Waals surface area contributed by atoms with Crippen molar-refractivity contribution >= 4 is 17.6 Å². The predicted molar refractivity (Wildman–Crippen MR) is 75.3 cm³/mol. The first kappa shape index (κ1) is 14.3. The predicted octanol–water partition coefficient (Wildman–Crippen LogP) is 1.02. The number of anilines is 1. The Morgan fingerprint density at radius 1 is 1.40 bits per heavy atom.